The quantitative estimate of drug-likeness (QED) is 0.692. The molecule has 142 valence electrons. The maximum atomic E-state index is 13.4. The summed E-state index contributed by atoms with van der Waals surface area (Å²) in [6.45, 7) is 0.929. The lowest BCUT2D eigenvalue weighted by molar-refractivity contribution is 0.174. The molecule has 0 spiro atoms. The molecule has 1 aliphatic heterocycles. The molecule has 0 radical (unpaired) electrons. The molecule has 0 amide bonds. The summed E-state index contributed by atoms with van der Waals surface area (Å²) in [5.74, 6) is 1.09. The Balaban J connectivity index is 1.53. The van der Waals surface area contributed by atoms with Gasteiger partial charge in [0.25, 0.3) is 0 Å². The highest BCUT2D eigenvalue weighted by molar-refractivity contribution is 7.80. The first kappa shape index (κ1) is 18.3. The maximum absolute atomic E-state index is 13.4. The summed E-state index contributed by atoms with van der Waals surface area (Å²) in [5.41, 5.74) is 1.78. The highest BCUT2D eigenvalue weighted by Crippen LogP contribution is 2.34. The molecule has 1 fully saturated rings. The van der Waals surface area contributed by atoms with Gasteiger partial charge in [0.2, 0.25) is 6.79 Å². The molecule has 1 saturated carbocycles. The second-order valence-corrected chi connectivity index (χ2v) is 7.61. The van der Waals surface area contributed by atoms with E-state index >= 15 is 0 Å². The van der Waals surface area contributed by atoms with E-state index in [2.05, 4.69) is 10.2 Å². The fourth-order valence-electron chi connectivity index (χ4n) is 3.59. The predicted molar refractivity (Wildman–Crippen MR) is 108 cm³/mol. The smallest absolute Gasteiger partial charge is 0.231 e. The van der Waals surface area contributed by atoms with Crippen LogP contribution in [0.4, 0.5) is 10.1 Å². The van der Waals surface area contributed by atoms with E-state index in [-0.39, 0.29) is 11.8 Å². The van der Waals surface area contributed by atoms with Crippen LogP contribution in [0, 0.1) is 5.82 Å². The Morgan fingerprint density at radius 3 is 2.70 bits per heavy atom. The fraction of sp³-hybridized carbons (Fsp3) is 0.350. The number of ether oxygens (including phenoxy) is 2. The van der Waals surface area contributed by atoms with Gasteiger partial charge in [-0.25, -0.2) is 4.39 Å². The van der Waals surface area contributed by atoms with E-state index in [1.165, 1.54) is 18.9 Å². The summed E-state index contributed by atoms with van der Waals surface area (Å²) in [7, 11) is 0. The third-order valence-corrected chi connectivity index (χ3v) is 5.61. The summed E-state index contributed by atoms with van der Waals surface area (Å²) < 4.78 is 24.3. The van der Waals surface area contributed by atoms with Gasteiger partial charge in [-0.1, -0.05) is 30.5 Å². The monoisotopic (exact) mass is 406 g/mol. The van der Waals surface area contributed by atoms with Crippen molar-refractivity contribution in [2.24, 2.45) is 0 Å². The van der Waals surface area contributed by atoms with Crippen molar-refractivity contribution in [2.45, 2.75) is 38.3 Å². The van der Waals surface area contributed by atoms with Gasteiger partial charge >= 0.3 is 0 Å². The number of fused-ring (bicyclic) bond motifs is 1. The van der Waals surface area contributed by atoms with E-state index in [9.17, 15) is 4.39 Å². The van der Waals surface area contributed by atoms with Crippen LogP contribution in [0.5, 0.6) is 11.5 Å². The van der Waals surface area contributed by atoms with Gasteiger partial charge in [-0.3, -0.25) is 0 Å². The van der Waals surface area contributed by atoms with Crippen molar-refractivity contribution in [2.75, 3.05) is 12.1 Å². The van der Waals surface area contributed by atoms with E-state index in [1.54, 1.807) is 12.1 Å². The molecular weight excluding hydrogens is 387 g/mol. The van der Waals surface area contributed by atoms with E-state index in [0.29, 0.717) is 23.4 Å². The Morgan fingerprint density at radius 1 is 1.15 bits per heavy atom. The standard InChI is InChI=1S/C20H20ClFN2O2S/c21-16-10-14(6-7-17(16)22)23-20(27)24(15-3-1-2-4-15)11-13-5-8-18-19(9-13)26-12-25-18/h5-10,15H,1-4,11-12H2,(H,23,27). The largest absolute Gasteiger partial charge is 0.454 e. The Kier molecular flexibility index (Phi) is 5.36. The molecular formula is C20H20ClFN2O2S. The van der Waals surface area contributed by atoms with Gasteiger partial charge < -0.3 is 19.7 Å². The first-order chi connectivity index (χ1) is 13.1. The SMILES string of the molecule is Fc1ccc(NC(=S)N(Cc2ccc3c(c2)OCO3)C2CCCC2)cc1Cl. The van der Waals surface area contributed by atoms with Crippen LogP contribution in [0.25, 0.3) is 0 Å². The van der Waals surface area contributed by atoms with Crippen LogP contribution in [-0.2, 0) is 6.54 Å². The predicted octanol–water partition coefficient (Wildman–Crippen LogP) is 5.35. The van der Waals surface area contributed by atoms with Crippen LogP contribution in [0.2, 0.25) is 5.02 Å². The number of hydrogen-bond acceptors (Lipinski definition) is 3. The fourth-order valence-corrected chi connectivity index (χ4v) is 4.10. The minimum atomic E-state index is -0.443. The third kappa shape index (κ3) is 4.12. The minimum Gasteiger partial charge on any atom is -0.454 e. The van der Waals surface area contributed by atoms with Crippen molar-refractivity contribution < 1.29 is 13.9 Å². The van der Waals surface area contributed by atoms with Crippen LogP contribution in [0.3, 0.4) is 0 Å². The van der Waals surface area contributed by atoms with Crippen molar-refractivity contribution in [3.05, 3.63) is 52.8 Å². The minimum absolute atomic E-state index is 0.0750. The molecule has 1 N–H and O–H groups in total. The van der Waals surface area contributed by atoms with Gasteiger partial charge in [0.1, 0.15) is 5.82 Å². The molecule has 7 heteroatoms. The molecule has 1 heterocycles. The lowest BCUT2D eigenvalue weighted by Gasteiger charge is -2.32. The topological polar surface area (TPSA) is 33.7 Å². The van der Waals surface area contributed by atoms with E-state index in [4.69, 9.17) is 33.3 Å². The Hall–Kier alpha value is -2.05. The number of halogens is 2. The van der Waals surface area contributed by atoms with Gasteiger partial charge in [0.15, 0.2) is 16.6 Å². The van der Waals surface area contributed by atoms with Crippen LogP contribution in [0.1, 0.15) is 31.2 Å². The molecule has 2 aliphatic rings. The van der Waals surface area contributed by atoms with Crippen molar-refractivity contribution in [3.63, 3.8) is 0 Å². The molecule has 0 unspecified atom stereocenters. The number of benzene rings is 2. The summed E-state index contributed by atoms with van der Waals surface area (Å²) in [6.07, 6.45) is 4.62. The van der Waals surface area contributed by atoms with Gasteiger partial charge in [-0.05, 0) is 61.0 Å². The summed E-state index contributed by atoms with van der Waals surface area (Å²) in [6, 6.07) is 10.9. The number of thiocarbonyl (C=S) groups is 1. The van der Waals surface area contributed by atoms with E-state index in [1.807, 2.05) is 18.2 Å². The third-order valence-electron chi connectivity index (χ3n) is 4.99. The Morgan fingerprint density at radius 2 is 1.93 bits per heavy atom. The highest BCUT2D eigenvalue weighted by atomic mass is 35.5. The molecule has 4 nitrogen and oxygen atoms in total. The van der Waals surface area contributed by atoms with Crippen molar-refractivity contribution in [1.82, 2.24) is 4.90 Å². The van der Waals surface area contributed by atoms with Gasteiger partial charge in [-0.15, -0.1) is 0 Å². The van der Waals surface area contributed by atoms with Crippen molar-refractivity contribution in [3.8, 4) is 11.5 Å². The molecule has 0 aromatic heterocycles. The van der Waals surface area contributed by atoms with Crippen LogP contribution >= 0.6 is 23.8 Å². The zero-order chi connectivity index (χ0) is 18.8. The highest BCUT2D eigenvalue weighted by Gasteiger charge is 2.25. The number of nitrogens with one attached hydrogen (secondary N) is 1. The van der Waals surface area contributed by atoms with E-state index < -0.39 is 5.82 Å². The molecule has 4 rings (SSSR count). The van der Waals surface area contributed by atoms with Crippen molar-refractivity contribution >= 4 is 34.6 Å². The Labute approximate surface area is 168 Å². The van der Waals surface area contributed by atoms with E-state index in [0.717, 1.165) is 29.9 Å². The molecule has 27 heavy (non-hydrogen) atoms. The van der Waals surface area contributed by atoms with Crippen molar-refractivity contribution in [1.29, 1.82) is 0 Å². The second-order valence-electron chi connectivity index (χ2n) is 6.81. The number of anilines is 1. The molecule has 1 aliphatic carbocycles. The number of hydrogen-bond donors (Lipinski definition) is 1. The maximum Gasteiger partial charge on any atom is 0.231 e. The number of rotatable bonds is 4. The van der Waals surface area contributed by atoms with Gasteiger partial charge in [0.05, 0.1) is 5.02 Å². The lowest BCUT2D eigenvalue weighted by atomic mass is 10.1. The van der Waals surface area contributed by atoms with Crippen LogP contribution in [0.15, 0.2) is 36.4 Å². The van der Waals surface area contributed by atoms with Gasteiger partial charge in [-0.2, -0.15) is 0 Å². The molecule has 0 bridgehead atoms. The zero-order valence-corrected chi connectivity index (χ0v) is 16.3. The summed E-state index contributed by atoms with van der Waals surface area (Å²) in [4.78, 5) is 2.21. The summed E-state index contributed by atoms with van der Waals surface area (Å²) in [5, 5.41) is 3.90. The first-order valence-corrected chi connectivity index (χ1v) is 9.80. The normalized spacial score (nSPS) is 15.8. The first-order valence-electron chi connectivity index (χ1n) is 9.01. The molecule has 2 aromatic rings. The van der Waals surface area contributed by atoms with Crippen LogP contribution in [-0.4, -0.2) is 22.8 Å². The van der Waals surface area contributed by atoms with Crippen LogP contribution < -0.4 is 14.8 Å². The zero-order valence-electron chi connectivity index (χ0n) is 14.7. The average molecular weight is 407 g/mol. The summed E-state index contributed by atoms with van der Waals surface area (Å²) >= 11 is 11.6. The average Bonchev–Trinajstić information content (AvgIpc) is 3.33. The van der Waals surface area contributed by atoms with Gasteiger partial charge in [0, 0.05) is 18.3 Å². The molecule has 2 aromatic carbocycles. The second kappa shape index (κ2) is 7.90. The molecule has 0 saturated heterocycles. The molecule has 0 atom stereocenters. The Bertz CT molecular complexity index is 858. The number of nitrogens with zero attached hydrogens (tertiary/aromatic N) is 1. The lowest BCUT2D eigenvalue weighted by Crippen LogP contribution is -2.40.